The van der Waals surface area contributed by atoms with Crippen molar-refractivity contribution in [3.8, 4) is 0 Å². The summed E-state index contributed by atoms with van der Waals surface area (Å²) in [6, 6.07) is -0.953. The van der Waals surface area contributed by atoms with Gasteiger partial charge in [-0.3, -0.25) is 24.4 Å². The molecule has 1 fully saturated rings. The maximum absolute atomic E-state index is 13.0. The van der Waals surface area contributed by atoms with Crippen molar-refractivity contribution in [2.45, 2.75) is 23.4 Å². The maximum Gasteiger partial charge on any atom is 0.352 e. The number of thiazole rings is 1. The van der Waals surface area contributed by atoms with Crippen molar-refractivity contribution in [2.24, 2.45) is 5.16 Å². The van der Waals surface area contributed by atoms with Crippen molar-refractivity contribution in [2.75, 3.05) is 23.4 Å². The number of hydrogen-bond acceptors (Lipinski definition) is 12. The van der Waals surface area contributed by atoms with Gasteiger partial charge in [0.2, 0.25) is 6.41 Å². The Morgan fingerprint density at radius 1 is 1.49 bits per heavy atom. The van der Waals surface area contributed by atoms with E-state index in [9.17, 15) is 24.3 Å². The molecule has 2 aromatic rings. The molecule has 2 aliphatic heterocycles. The summed E-state index contributed by atoms with van der Waals surface area (Å²) in [6.07, 6.45) is 1.97. The first-order chi connectivity index (χ1) is 16.9. The Hall–Kier alpha value is -3.44. The van der Waals surface area contributed by atoms with E-state index < -0.39 is 29.2 Å². The Balaban J connectivity index is 1.49. The molecule has 1 saturated heterocycles. The first kappa shape index (κ1) is 24.7. The Morgan fingerprint density at radius 2 is 2.31 bits per heavy atom. The van der Waals surface area contributed by atoms with Crippen LogP contribution < -0.4 is 10.6 Å². The third-order valence-electron chi connectivity index (χ3n) is 4.76. The fourth-order valence-electron chi connectivity index (χ4n) is 3.26. The lowest BCUT2D eigenvalue weighted by Gasteiger charge is -2.49. The van der Waals surface area contributed by atoms with Crippen LogP contribution in [-0.4, -0.2) is 89.8 Å². The van der Waals surface area contributed by atoms with Crippen LogP contribution in [0.2, 0.25) is 0 Å². The average molecular weight is 539 g/mol. The number of aromatic nitrogens is 4. The molecule has 2 atom stereocenters. The molecule has 184 valence electrons. The van der Waals surface area contributed by atoms with E-state index in [4.69, 9.17) is 4.84 Å². The van der Waals surface area contributed by atoms with Gasteiger partial charge < -0.3 is 20.6 Å². The molecule has 0 spiro atoms. The van der Waals surface area contributed by atoms with E-state index in [1.807, 2.05) is 0 Å². The van der Waals surface area contributed by atoms with E-state index in [-0.39, 0.29) is 28.8 Å². The molecule has 4 rings (SSSR count). The standard InChI is InChI=1S/C18H18N8O6S3/c1-2-32-24-11(9-6-35-18(21-9)19-7-27)14(28)22-12-15(29)26-13(17(30)31)8(5-34-16(12)26)4-33-10-3-20-25-23-10/h3,6-7,12,16H,2,4-5H2,1H3,(H,22,28)(H,30,31)(H,19,21,27)(H,20,23,25)/b24-11-/t12?,16-/m1/s1. The summed E-state index contributed by atoms with van der Waals surface area (Å²) >= 11 is 3.76. The number of nitrogens with one attached hydrogen (secondary N) is 3. The molecule has 0 radical (unpaired) electrons. The second kappa shape index (κ2) is 10.9. The molecule has 17 heteroatoms. The molecule has 14 nitrogen and oxygen atoms in total. The highest BCUT2D eigenvalue weighted by atomic mass is 32.2. The van der Waals surface area contributed by atoms with Crippen molar-refractivity contribution in [1.29, 1.82) is 0 Å². The van der Waals surface area contributed by atoms with Gasteiger partial charge >= 0.3 is 5.97 Å². The van der Waals surface area contributed by atoms with Crippen LogP contribution in [0.25, 0.3) is 0 Å². The van der Waals surface area contributed by atoms with Crippen molar-refractivity contribution < 1.29 is 29.1 Å². The number of thioether (sulfide) groups is 2. The summed E-state index contributed by atoms with van der Waals surface area (Å²) in [4.78, 5) is 58.9. The third-order valence-corrected chi connectivity index (χ3v) is 7.87. The number of carbonyl (C=O) groups is 4. The van der Waals surface area contributed by atoms with Crippen LogP contribution in [0, 0.1) is 0 Å². The summed E-state index contributed by atoms with van der Waals surface area (Å²) in [6.45, 7) is 1.88. The number of carboxylic acid groups (broad SMARTS) is 1. The van der Waals surface area contributed by atoms with Gasteiger partial charge in [-0.25, -0.2) is 9.78 Å². The third kappa shape index (κ3) is 5.15. The number of aromatic amines is 1. The normalized spacial score (nSPS) is 19.6. The minimum Gasteiger partial charge on any atom is -0.477 e. The number of β-lactam (4-membered cyclic amide) rings is 1. The number of oxime groups is 1. The molecule has 1 unspecified atom stereocenters. The van der Waals surface area contributed by atoms with Crippen LogP contribution in [0.5, 0.6) is 0 Å². The van der Waals surface area contributed by atoms with E-state index >= 15 is 0 Å². The van der Waals surface area contributed by atoms with Gasteiger partial charge in [0.15, 0.2) is 10.8 Å². The second-order valence-corrected chi connectivity index (χ2v) is 9.87. The van der Waals surface area contributed by atoms with Gasteiger partial charge in [0.05, 0.1) is 6.20 Å². The molecule has 2 aliphatic rings. The molecule has 3 amide bonds. The number of H-pyrrole nitrogens is 1. The van der Waals surface area contributed by atoms with Gasteiger partial charge in [-0.1, -0.05) is 10.4 Å². The highest BCUT2D eigenvalue weighted by molar-refractivity contribution is 8.01. The number of amides is 3. The molecule has 0 aromatic carbocycles. The lowest BCUT2D eigenvalue weighted by Crippen LogP contribution is -2.71. The van der Waals surface area contributed by atoms with E-state index in [0.29, 0.717) is 28.5 Å². The molecule has 0 saturated carbocycles. The summed E-state index contributed by atoms with van der Waals surface area (Å²) in [7, 11) is 0. The molecular weight excluding hydrogens is 520 g/mol. The van der Waals surface area contributed by atoms with Crippen molar-refractivity contribution >= 4 is 69.9 Å². The van der Waals surface area contributed by atoms with Crippen molar-refractivity contribution in [3.05, 3.63) is 28.5 Å². The number of carbonyl (C=O) groups excluding carboxylic acids is 3. The summed E-state index contributed by atoms with van der Waals surface area (Å²) in [5, 5.41) is 30.4. The van der Waals surface area contributed by atoms with Crippen molar-refractivity contribution in [3.63, 3.8) is 0 Å². The largest absolute Gasteiger partial charge is 0.477 e. The predicted molar refractivity (Wildman–Crippen MR) is 127 cm³/mol. The highest BCUT2D eigenvalue weighted by Crippen LogP contribution is 2.41. The molecule has 4 N–H and O–H groups in total. The Morgan fingerprint density at radius 3 is 3.00 bits per heavy atom. The van der Waals surface area contributed by atoms with E-state index in [1.54, 1.807) is 6.92 Å². The zero-order chi connectivity index (χ0) is 24.9. The fraction of sp³-hybridized carbons (Fsp3) is 0.333. The Bertz CT molecular complexity index is 1200. The Labute approximate surface area is 209 Å². The van der Waals surface area contributed by atoms with E-state index in [0.717, 1.165) is 11.3 Å². The minimum absolute atomic E-state index is 0.0866. The smallest absolute Gasteiger partial charge is 0.352 e. The van der Waals surface area contributed by atoms with Crippen LogP contribution in [0.15, 0.2) is 33.0 Å². The summed E-state index contributed by atoms with van der Waals surface area (Å²) in [5.41, 5.74) is 0.474. The first-order valence-corrected chi connectivity index (χ1v) is 12.9. The van der Waals surface area contributed by atoms with Crippen LogP contribution in [0.4, 0.5) is 5.13 Å². The van der Waals surface area contributed by atoms with Crippen LogP contribution in [0.3, 0.4) is 0 Å². The number of anilines is 1. The summed E-state index contributed by atoms with van der Waals surface area (Å²) < 4.78 is 0. The van der Waals surface area contributed by atoms with Gasteiger partial charge in [-0.05, 0) is 12.5 Å². The molecule has 2 aromatic heterocycles. The predicted octanol–water partition coefficient (Wildman–Crippen LogP) is 0.101. The molecule has 0 bridgehead atoms. The highest BCUT2D eigenvalue weighted by Gasteiger charge is 2.54. The number of nitrogens with zero attached hydrogens (tertiary/aromatic N) is 5. The quantitative estimate of drug-likeness (QED) is 0.0997. The van der Waals surface area contributed by atoms with Gasteiger partial charge in [-0.15, -0.1) is 40.0 Å². The van der Waals surface area contributed by atoms with Gasteiger partial charge in [0.1, 0.15) is 34.4 Å². The Kier molecular flexibility index (Phi) is 7.67. The van der Waals surface area contributed by atoms with Crippen LogP contribution in [0.1, 0.15) is 12.6 Å². The number of fused-ring (bicyclic) bond motifs is 1. The number of aliphatic carboxylic acids is 1. The topological polar surface area (TPSA) is 192 Å². The second-order valence-electron chi connectivity index (χ2n) is 6.89. The molecule has 0 aliphatic carbocycles. The molecule has 35 heavy (non-hydrogen) atoms. The minimum atomic E-state index is -1.22. The van der Waals surface area contributed by atoms with Crippen LogP contribution >= 0.6 is 34.9 Å². The average Bonchev–Trinajstić information content (AvgIpc) is 3.53. The molecular formula is C18H18N8O6S3. The zero-order valence-electron chi connectivity index (χ0n) is 18.0. The van der Waals surface area contributed by atoms with E-state index in [2.05, 4.69) is 36.2 Å². The monoisotopic (exact) mass is 538 g/mol. The lowest BCUT2D eigenvalue weighted by molar-refractivity contribution is -0.150. The molecule has 4 heterocycles. The zero-order valence-corrected chi connectivity index (χ0v) is 20.4. The van der Waals surface area contributed by atoms with E-state index in [1.165, 1.54) is 40.0 Å². The number of rotatable bonds is 11. The van der Waals surface area contributed by atoms with Gasteiger partial charge in [0, 0.05) is 16.9 Å². The van der Waals surface area contributed by atoms with Crippen LogP contribution in [-0.2, 0) is 24.0 Å². The van der Waals surface area contributed by atoms with Crippen molar-refractivity contribution in [1.82, 2.24) is 30.6 Å². The number of hydrogen-bond donors (Lipinski definition) is 4. The SMILES string of the molecule is CCO/N=C(\C(=O)NC1C(=O)N2C(C(=O)O)=C(CSc3cnn[nH]3)CS[C@H]12)c1csc(NC=O)n1. The van der Waals surface area contributed by atoms with Gasteiger partial charge in [0.25, 0.3) is 11.8 Å². The first-order valence-electron chi connectivity index (χ1n) is 10.00. The summed E-state index contributed by atoms with van der Waals surface area (Å²) in [5.74, 6) is -1.78. The number of carboxylic acids is 1. The maximum atomic E-state index is 13.0. The van der Waals surface area contributed by atoms with Gasteiger partial charge in [-0.2, -0.15) is 0 Å². The lowest BCUT2D eigenvalue weighted by atomic mass is 10.0. The fourth-order valence-corrected chi connectivity index (χ4v) is 6.19.